The lowest BCUT2D eigenvalue weighted by atomic mass is 10.1. The highest BCUT2D eigenvalue weighted by atomic mass is 16.5. The Morgan fingerprint density at radius 3 is 2.20 bits per heavy atom. The first-order chi connectivity index (χ1) is 9.81. The Balaban J connectivity index is 3.14. The quantitative estimate of drug-likeness (QED) is 0.275. The summed E-state index contributed by atoms with van der Waals surface area (Å²) in [5.74, 6) is -0.0567. The van der Waals surface area contributed by atoms with E-state index in [4.69, 9.17) is 9.84 Å². The molecule has 0 saturated heterocycles. The van der Waals surface area contributed by atoms with E-state index in [1.807, 2.05) is 6.08 Å². The van der Waals surface area contributed by atoms with Gasteiger partial charge in [-0.1, -0.05) is 38.2 Å². The third kappa shape index (κ3) is 15.2. The molecule has 0 aliphatic rings. The first-order valence-electron chi connectivity index (χ1n) is 8.18. The smallest absolute Gasteiger partial charge is 0.305 e. The zero-order valence-corrected chi connectivity index (χ0v) is 12.9. The summed E-state index contributed by atoms with van der Waals surface area (Å²) in [4.78, 5) is 11.4. The van der Waals surface area contributed by atoms with Gasteiger partial charge in [-0.3, -0.25) is 4.79 Å². The Morgan fingerprint density at radius 1 is 0.900 bits per heavy atom. The lowest BCUT2D eigenvalue weighted by molar-refractivity contribution is -0.143. The van der Waals surface area contributed by atoms with E-state index in [0.717, 1.165) is 44.9 Å². The summed E-state index contributed by atoms with van der Waals surface area (Å²) in [7, 11) is 0. The van der Waals surface area contributed by atoms with E-state index in [1.54, 1.807) is 0 Å². The van der Waals surface area contributed by atoms with E-state index in [9.17, 15) is 4.79 Å². The van der Waals surface area contributed by atoms with Gasteiger partial charge in [0, 0.05) is 13.0 Å². The molecule has 3 heteroatoms. The first kappa shape index (κ1) is 19.2. The van der Waals surface area contributed by atoms with Crippen LogP contribution in [-0.2, 0) is 9.53 Å². The van der Waals surface area contributed by atoms with Gasteiger partial charge in [-0.25, -0.2) is 0 Å². The van der Waals surface area contributed by atoms with E-state index in [2.05, 4.69) is 6.58 Å². The van der Waals surface area contributed by atoms with Gasteiger partial charge in [-0.15, -0.1) is 6.58 Å². The fraction of sp³-hybridized carbons (Fsp3) is 0.824. The average molecular weight is 284 g/mol. The van der Waals surface area contributed by atoms with Crippen LogP contribution in [0.3, 0.4) is 0 Å². The third-order valence-electron chi connectivity index (χ3n) is 3.35. The van der Waals surface area contributed by atoms with Crippen molar-refractivity contribution in [2.24, 2.45) is 0 Å². The third-order valence-corrected chi connectivity index (χ3v) is 3.35. The molecule has 0 aromatic rings. The zero-order chi connectivity index (χ0) is 14.9. The molecule has 0 atom stereocenters. The normalized spacial score (nSPS) is 10.4. The Bertz CT molecular complexity index is 226. The molecule has 3 nitrogen and oxygen atoms in total. The van der Waals surface area contributed by atoms with Crippen molar-refractivity contribution >= 4 is 5.97 Å². The van der Waals surface area contributed by atoms with Gasteiger partial charge in [0.15, 0.2) is 0 Å². The monoisotopic (exact) mass is 284 g/mol. The number of unbranched alkanes of at least 4 members (excludes halogenated alkanes) is 9. The van der Waals surface area contributed by atoms with Crippen LogP contribution < -0.4 is 0 Å². The highest BCUT2D eigenvalue weighted by molar-refractivity contribution is 5.69. The van der Waals surface area contributed by atoms with Crippen LogP contribution in [0.2, 0.25) is 0 Å². The van der Waals surface area contributed by atoms with Gasteiger partial charge in [0.25, 0.3) is 0 Å². The molecule has 0 aromatic carbocycles. The van der Waals surface area contributed by atoms with Crippen LogP contribution in [0.1, 0.15) is 77.0 Å². The summed E-state index contributed by atoms with van der Waals surface area (Å²) in [6.45, 7) is 4.50. The standard InChI is InChI=1S/C17H32O3/c1-2-3-4-5-6-7-8-11-14-17(19)20-16-13-10-9-12-15-18/h2,18H,1,3-16H2. The van der Waals surface area contributed by atoms with Gasteiger partial charge >= 0.3 is 5.97 Å². The van der Waals surface area contributed by atoms with Crippen molar-refractivity contribution in [1.29, 1.82) is 0 Å². The van der Waals surface area contributed by atoms with Gasteiger partial charge < -0.3 is 9.84 Å². The van der Waals surface area contributed by atoms with Crippen LogP contribution in [0.4, 0.5) is 0 Å². The van der Waals surface area contributed by atoms with E-state index < -0.39 is 0 Å². The summed E-state index contributed by atoms with van der Waals surface area (Å²) in [6, 6.07) is 0. The number of ether oxygens (including phenoxy) is 1. The van der Waals surface area contributed by atoms with Gasteiger partial charge in [-0.05, 0) is 38.5 Å². The van der Waals surface area contributed by atoms with Crippen LogP contribution in [0, 0.1) is 0 Å². The Labute approximate surface area is 124 Å². The molecule has 1 N–H and O–H groups in total. The fourth-order valence-corrected chi connectivity index (χ4v) is 2.09. The van der Waals surface area contributed by atoms with Crippen LogP contribution in [0.5, 0.6) is 0 Å². The molecule has 0 rings (SSSR count). The number of aliphatic hydroxyl groups is 1. The van der Waals surface area contributed by atoms with Gasteiger partial charge in [0.2, 0.25) is 0 Å². The zero-order valence-electron chi connectivity index (χ0n) is 12.9. The summed E-state index contributed by atoms with van der Waals surface area (Å²) >= 11 is 0. The van der Waals surface area contributed by atoms with E-state index in [-0.39, 0.29) is 12.6 Å². The molecule has 0 bridgehead atoms. The molecule has 118 valence electrons. The predicted octanol–water partition coefficient (Wildman–Crippen LogP) is 4.39. The molecular formula is C17H32O3. The summed E-state index contributed by atoms with van der Waals surface area (Å²) in [5, 5.41) is 8.62. The van der Waals surface area contributed by atoms with Gasteiger partial charge in [-0.2, -0.15) is 0 Å². The van der Waals surface area contributed by atoms with E-state index >= 15 is 0 Å². The fourth-order valence-electron chi connectivity index (χ4n) is 2.09. The minimum atomic E-state index is -0.0567. The molecule has 0 saturated carbocycles. The first-order valence-corrected chi connectivity index (χ1v) is 8.18. The number of esters is 1. The lowest BCUT2D eigenvalue weighted by Gasteiger charge is -2.05. The minimum Gasteiger partial charge on any atom is -0.466 e. The Kier molecular flexibility index (Phi) is 15.6. The summed E-state index contributed by atoms with van der Waals surface area (Å²) in [6.07, 6.45) is 14.5. The maximum atomic E-state index is 11.4. The molecular weight excluding hydrogens is 252 g/mol. The SMILES string of the molecule is C=CCCCCCCCCC(=O)OCCCCCCO. The van der Waals surface area contributed by atoms with Crippen LogP contribution in [0.15, 0.2) is 12.7 Å². The molecule has 0 aromatic heterocycles. The Hall–Kier alpha value is -0.830. The van der Waals surface area contributed by atoms with E-state index in [0.29, 0.717) is 13.0 Å². The molecule has 0 unspecified atom stereocenters. The highest BCUT2D eigenvalue weighted by Crippen LogP contribution is 2.09. The molecule has 0 aliphatic carbocycles. The number of hydrogen-bond acceptors (Lipinski definition) is 3. The molecule has 0 amide bonds. The van der Waals surface area contributed by atoms with Crippen molar-refractivity contribution in [2.75, 3.05) is 13.2 Å². The molecule has 20 heavy (non-hydrogen) atoms. The predicted molar refractivity (Wildman–Crippen MR) is 83.6 cm³/mol. The van der Waals surface area contributed by atoms with Crippen molar-refractivity contribution in [3.8, 4) is 0 Å². The average Bonchev–Trinajstić information content (AvgIpc) is 2.45. The highest BCUT2D eigenvalue weighted by Gasteiger charge is 2.02. The van der Waals surface area contributed by atoms with Crippen LogP contribution >= 0.6 is 0 Å². The van der Waals surface area contributed by atoms with E-state index in [1.165, 1.54) is 25.7 Å². The van der Waals surface area contributed by atoms with Crippen molar-refractivity contribution in [2.45, 2.75) is 77.0 Å². The lowest BCUT2D eigenvalue weighted by Crippen LogP contribution is -2.05. The second-order valence-corrected chi connectivity index (χ2v) is 5.31. The van der Waals surface area contributed by atoms with Crippen molar-refractivity contribution < 1.29 is 14.6 Å². The molecule has 0 aliphatic heterocycles. The molecule has 0 spiro atoms. The molecule has 0 heterocycles. The minimum absolute atomic E-state index is 0.0567. The van der Waals surface area contributed by atoms with Crippen LogP contribution in [0.25, 0.3) is 0 Å². The number of allylic oxidation sites excluding steroid dienone is 1. The summed E-state index contributed by atoms with van der Waals surface area (Å²) < 4.78 is 5.17. The van der Waals surface area contributed by atoms with Gasteiger partial charge in [0.1, 0.15) is 0 Å². The van der Waals surface area contributed by atoms with Crippen molar-refractivity contribution in [3.63, 3.8) is 0 Å². The Morgan fingerprint density at radius 2 is 1.50 bits per heavy atom. The topological polar surface area (TPSA) is 46.5 Å². The number of aliphatic hydroxyl groups excluding tert-OH is 1. The summed E-state index contributed by atoms with van der Waals surface area (Å²) in [5.41, 5.74) is 0. The second kappa shape index (κ2) is 16.2. The second-order valence-electron chi connectivity index (χ2n) is 5.31. The number of rotatable bonds is 15. The van der Waals surface area contributed by atoms with Gasteiger partial charge in [0.05, 0.1) is 6.61 Å². The maximum absolute atomic E-state index is 11.4. The largest absolute Gasteiger partial charge is 0.466 e. The number of carbonyl (C=O) groups excluding carboxylic acids is 1. The van der Waals surface area contributed by atoms with Crippen molar-refractivity contribution in [3.05, 3.63) is 12.7 Å². The number of carbonyl (C=O) groups is 1. The van der Waals surface area contributed by atoms with Crippen molar-refractivity contribution in [1.82, 2.24) is 0 Å². The molecule has 0 fully saturated rings. The maximum Gasteiger partial charge on any atom is 0.305 e. The van der Waals surface area contributed by atoms with Crippen LogP contribution in [-0.4, -0.2) is 24.3 Å². The molecule has 0 radical (unpaired) electrons. The number of hydrogen-bond donors (Lipinski definition) is 1.